The van der Waals surface area contributed by atoms with Gasteiger partial charge in [0.15, 0.2) is 6.29 Å². The molecule has 1 rings (SSSR count). The van der Waals surface area contributed by atoms with Crippen molar-refractivity contribution >= 4 is 5.91 Å². The molecule has 0 aromatic heterocycles. The van der Waals surface area contributed by atoms with E-state index < -0.39 is 74.2 Å². The van der Waals surface area contributed by atoms with Crippen LogP contribution in [0.2, 0.25) is 0 Å². The number of nitrogens with one attached hydrogen (secondary N) is 1. The largest absolute Gasteiger partial charge is 0.394 e. The van der Waals surface area contributed by atoms with Crippen LogP contribution in [0.1, 0.15) is 316 Å². The van der Waals surface area contributed by atoms with Crippen molar-refractivity contribution in [2.24, 2.45) is 0 Å². The van der Waals surface area contributed by atoms with Crippen molar-refractivity contribution in [3.63, 3.8) is 0 Å². The lowest BCUT2D eigenvalue weighted by atomic mass is 9.98. The Kier molecular flexibility index (Phi) is 50.3. The van der Waals surface area contributed by atoms with Gasteiger partial charge in [0.1, 0.15) is 36.6 Å². The molecule has 1 aliphatic heterocycles. The third-order valence-corrected chi connectivity index (χ3v) is 15.8. The minimum Gasteiger partial charge on any atom is -0.394 e. The van der Waals surface area contributed by atoms with Crippen molar-refractivity contribution in [3.8, 4) is 0 Å². The normalized spacial score (nSPS) is 19.8. The fourth-order valence-corrected chi connectivity index (χ4v) is 10.6. The van der Waals surface area contributed by atoms with Crippen LogP contribution in [-0.4, -0.2) is 110 Å². The minimum absolute atomic E-state index is 0.260. The summed E-state index contributed by atoms with van der Waals surface area (Å²) in [5.41, 5.74) is 0. The zero-order chi connectivity index (χ0) is 54.0. The second-order valence-electron chi connectivity index (χ2n) is 22.8. The molecule has 9 unspecified atom stereocenters. The molecule has 11 nitrogen and oxygen atoms in total. The molecule has 1 fully saturated rings. The van der Waals surface area contributed by atoms with Gasteiger partial charge in [-0.1, -0.05) is 289 Å². The smallest absolute Gasteiger partial charge is 0.249 e. The first-order chi connectivity index (χ1) is 36.2. The number of aliphatic hydroxyl groups excluding tert-OH is 7. The number of hydrogen-bond donors (Lipinski definition) is 8. The molecular weight excluding hydrogens is 931 g/mol. The predicted octanol–water partition coefficient (Wildman–Crippen LogP) is 14.3. The maximum Gasteiger partial charge on any atom is 0.249 e. The number of hydrogen-bond acceptors (Lipinski definition) is 10. The summed E-state index contributed by atoms with van der Waals surface area (Å²) in [4.78, 5) is 13.2. The molecule has 1 amide bonds. The lowest BCUT2D eigenvalue weighted by Gasteiger charge is -2.40. The van der Waals surface area contributed by atoms with E-state index in [1.54, 1.807) is 0 Å². The van der Waals surface area contributed by atoms with E-state index in [0.717, 1.165) is 38.5 Å². The Morgan fingerprint density at radius 3 is 1.16 bits per heavy atom. The average molecular weight is 1050 g/mol. The van der Waals surface area contributed by atoms with E-state index >= 15 is 0 Å². The van der Waals surface area contributed by atoms with Crippen LogP contribution in [0.25, 0.3) is 0 Å². The van der Waals surface area contributed by atoms with Crippen LogP contribution in [0, 0.1) is 0 Å². The van der Waals surface area contributed by atoms with Crippen LogP contribution in [0.4, 0.5) is 0 Å². The number of ether oxygens (including phenoxy) is 2. The van der Waals surface area contributed by atoms with Crippen LogP contribution >= 0.6 is 0 Å². The van der Waals surface area contributed by atoms with Crippen molar-refractivity contribution in [1.82, 2.24) is 5.32 Å². The highest BCUT2D eigenvalue weighted by Gasteiger charge is 2.44. The molecule has 1 aliphatic rings. The summed E-state index contributed by atoms with van der Waals surface area (Å²) in [5, 5.41) is 76.2. The van der Waals surface area contributed by atoms with Gasteiger partial charge in [-0.05, 0) is 38.5 Å². The van der Waals surface area contributed by atoms with E-state index in [1.165, 1.54) is 238 Å². The van der Waals surface area contributed by atoms with E-state index in [1.807, 2.05) is 0 Å². The van der Waals surface area contributed by atoms with Gasteiger partial charge in [0, 0.05) is 0 Å². The molecule has 8 N–H and O–H groups in total. The lowest BCUT2D eigenvalue weighted by Crippen LogP contribution is -2.60. The maximum absolute atomic E-state index is 13.2. The van der Waals surface area contributed by atoms with E-state index in [4.69, 9.17) is 9.47 Å². The van der Waals surface area contributed by atoms with E-state index in [-0.39, 0.29) is 12.8 Å². The summed E-state index contributed by atoms with van der Waals surface area (Å²) in [6.45, 7) is 3.48. The van der Waals surface area contributed by atoms with Crippen molar-refractivity contribution in [1.29, 1.82) is 0 Å². The number of allylic oxidation sites excluding steroid dienone is 2. The standard InChI is InChI=1S/C63H123NO10/c1-3-5-7-9-11-13-15-17-19-21-22-23-24-25-26-27-28-29-30-31-32-33-34-35-37-39-41-43-45-47-49-51-56(67)62(72)64-54(53-73-63-61(71)60(70)59(69)57(52-65)74-63)58(68)55(66)50-48-46-44-42-40-38-36-20-18-16-14-12-10-8-6-4-2/h42,44,54-61,63,65-71H,3-41,43,45-53H2,1-2H3,(H,64,72)/b44-42+. The third kappa shape index (κ3) is 40.1. The summed E-state index contributed by atoms with van der Waals surface area (Å²) in [6, 6.07) is -1.18. The molecule has 0 aliphatic carbocycles. The Morgan fingerprint density at radius 1 is 0.459 bits per heavy atom. The van der Waals surface area contributed by atoms with Gasteiger partial charge in [-0.3, -0.25) is 4.79 Å². The summed E-state index contributed by atoms with van der Waals surface area (Å²) >= 11 is 0. The van der Waals surface area contributed by atoms with E-state index in [2.05, 4.69) is 31.3 Å². The van der Waals surface area contributed by atoms with Gasteiger partial charge in [-0.25, -0.2) is 0 Å². The topological polar surface area (TPSA) is 189 Å². The molecule has 0 saturated carbocycles. The Bertz CT molecular complexity index is 1210. The van der Waals surface area contributed by atoms with Gasteiger partial charge in [-0.15, -0.1) is 0 Å². The molecule has 0 aromatic carbocycles. The second kappa shape index (κ2) is 52.5. The first-order valence-corrected chi connectivity index (χ1v) is 32.1. The monoisotopic (exact) mass is 1050 g/mol. The van der Waals surface area contributed by atoms with Crippen LogP contribution in [-0.2, 0) is 14.3 Å². The first kappa shape index (κ1) is 70.9. The van der Waals surface area contributed by atoms with Gasteiger partial charge in [0.2, 0.25) is 5.91 Å². The predicted molar refractivity (Wildman–Crippen MR) is 307 cm³/mol. The molecule has 0 spiro atoms. The fraction of sp³-hybridized carbons (Fsp3) is 0.952. The summed E-state index contributed by atoms with van der Waals surface area (Å²) in [5.74, 6) is -0.699. The van der Waals surface area contributed by atoms with Gasteiger partial charge in [0.25, 0.3) is 0 Å². The Morgan fingerprint density at radius 2 is 0.797 bits per heavy atom. The van der Waals surface area contributed by atoms with Gasteiger partial charge < -0.3 is 50.5 Å². The Labute approximate surface area is 455 Å². The lowest BCUT2D eigenvalue weighted by molar-refractivity contribution is -0.303. The van der Waals surface area contributed by atoms with Crippen LogP contribution in [0.3, 0.4) is 0 Å². The molecule has 0 bridgehead atoms. The summed E-state index contributed by atoms with van der Waals surface area (Å²) in [6.07, 6.45) is 51.5. The number of amides is 1. The maximum atomic E-state index is 13.2. The molecular formula is C63H123NO10. The van der Waals surface area contributed by atoms with E-state index in [9.17, 15) is 40.5 Å². The molecule has 11 heteroatoms. The molecule has 0 aromatic rings. The van der Waals surface area contributed by atoms with Crippen molar-refractivity contribution in [2.45, 2.75) is 371 Å². The van der Waals surface area contributed by atoms with Crippen LogP contribution < -0.4 is 5.32 Å². The minimum atomic E-state index is -1.67. The Hall–Kier alpha value is -1.15. The molecule has 1 saturated heterocycles. The average Bonchev–Trinajstić information content (AvgIpc) is 3.40. The summed E-state index contributed by atoms with van der Waals surface area (Å²) in [7, 11) is 0. The van der Waals surface area contributed by atoms with E-state index in [0.29, 0.717) is 12.8 Å². The quantitative estimate of drug-likeness (QED) is 0.0215. The van der Waals surface area contributed by atoms with Gasteiger partial charge in [-0.2, -0.15) is 0 Å². The van der Waals surface area contributed by atoms with Crippen LogP contribution in [0.5, 0.6) is 0 Å². The zero-order valence-corrected chi connectivity index (χ0v) is 48.4. The van der Waals surface area contributed by atoms with Crippen LogP contribution in [0.15, 0.2) is 12.2 Å². The third-order valence-electron chi connectivity index (χ3n) is 15.8. The fourth-order valence-electron chi connectivity index (χ4n) is 10.6. The Balaban J connectivity index is 2.19. The second-order valence-corrected chi connectivity index (χ2v) is 22.8. The van der Waals surface area contributed by atoms with Crippen molar-refractivity contribution < 1.29 is 50.0 Å². The summed E-state index contributed by atoms with van der Waals surface area (Å²) < 4.78 is 11.1. The highest BCUT2D eigenvalue weighted by Crippen LogP contribution is 2.24. The number of aliphatic hydroxyl groups is 7. The number of carbonyl (C=O) groups is 1. The molecule has 9 atom stereocenters. The highest BCUT2D eigenvalue weighted by atomic mass is 16.7. The molecule has 0 radical (unpaired) electrons. The molecule has 74 heavy (non-hydrogen) atoms. The van der Waals surface area contributed by atoms with Gasteiger partial charge in [0.05, 0.1) is 25.4 Å². The first-order valence-electron chi connectivity index (χ1n) is 32.1. The van der Waals surface area contributed by atoms with Gasteiger partial charge >= 0.3 is 0 Å². The number of rotatable bonds is 56. The van der Waals surface area contributed by atoms with Crippen molar-refractivity contribution in [3.05, 3.63) is 12.2 Å². The van der Waals surface area contributed by atoms with Crippen molar-refractivity contribution in [2.75, 3.05) is 13.2 Å². The SMILES string of the molecule is CCCCCCCCCCCCC/C=C/CCCC(O)C(O)C(COC1OC(CO)C(O)C(O)C1O)NC(=O)C(O)CCCCCCCCCCCCCCCCCCCCCCCCCCCCCCCCC. The molecule has 1 heterocycles. The number of unbranched alkanes of at least 4 members (excludes halogenated alkanes) is 42. The number of carbonyl (C=O) groups excluding carboxylic acids is 1. The highest BCUT2D eigenvalue weighted by molar-refractivity contribution is 5.80. The zero-order valence-electron chi connectivity index (χ0n) is 48.4. The molecule has 440 valence electrons.